The zero-order valence-corrected chi connectivity index (χ0v) is 19.9. The van der Waals surface area contributed by atoms with Crippen LogP contribution in [0.3, 0.4) is 0 Å². The monoisotopic (exact) mass is 454 g/mol. The molecule has 1 aliphatic rings. The Labute approximate surface area is 195 Å². The van der Waals surface area contributed by atoms with E-state index in [9.17, 15) is 9.59 Å². The third-order valence-corrected chi connectivity index (χ3v) is 6.35. The number of hydrogen-bond donors (Lipinski definition) is 2. The van der Waals surface area contributed by atoms with E-state index in [2.05, 4.69) is 62.9 Å². The van der Waals surface area contributed by atoms with Crippen LogP contribution >= 0.6 is 11.8 Å². The van der Waals surface area contributed by atoms with Gasteiger partial charge in [-0.3, -0.25) is 14.5 Å². The van der Waals surface area contributed by atoms with Gasteiger partial charge in [0.2, 0.25) is 11.8 Å². The molecule has 0 bridgehead atoms. The topological polar surface area (TPSA) is 64.7 Å². The molecule has 1 fully saturated rings. The Morgan fingerprint density at radius 2 is 1.69 bits per heavy atom. The molecule has 1 aliphatic heterocycles. The normalized spacial score (nSPS) is 15.2. The zero-order valence-electron chi connectivity index (χ0n) is 19.0. The average molecular weight is 455 g/mol. The number of rotatable bonds is 10. The molecule has 172 valence electrons. The van der Waals surface area contributed by atoms with Crippen LogP contribution in [0.4, 0.5) is 11.4 Å². The van der Waals surface area contributed by atoms with Gasteiger partial charge in [0.1, 0.15) is 6.04 Å². The Hall–Kier alpha value is -2.51. The smallest absolute Gasteiger partial charge is 0.246 e. The largest absolute Gasteiger partial charge is 0.369 e. The molecule has 0 spiro atoms. The molecular weight excluding hydrogens is 420 g/mol. The third-order valence-electron chi connectivity index (χ3n) is 5.70. The number of carbonyl (C=O) groups excluding carboxylic acids is 2. The molecule has 0 saturated carbocycles. The van der Waals surface area contributed by atoms with Crippen molar-refractivity contribution < 1.29 is 9.59 Å². The van der Waals surface area contributed by atoms with Gasteiger partial charge in [0.25, 0.3) is 0 Å². The predicted molar refractivity (Wildman–Crippen MR) is 134 cm³/mol. The van der Waals surface area contributed by atoms with E-state index in [1.807, 2.05) is 18.4 Å². The number of benzene rings is 2. The first kappa shape index (κ1) is 24.1. The molecule has 2 aromatic rings. The van der Waals surface area contributed by atoms with Gasteiger partial charge in [-0.1, -0.05) is 37.3 Å². The Balaban J connectivity index is 1.51. The highest BCUT2D eigenvalue weighted by Gasteiger charge is 2.21. The summed E-state index contributed by atoms with van der Waals surface area (Å²) in [6, 6.07) is 18.1. The van der Waals surface area contributed by atoms with Crippen LogP contribution < -0.4 is 15.5 Å². The van der Waals surface area contributed by atoms with Crippen LogP contribution in [0.25, 0.3) is 0 Å². The van der Waals surface area contributed by atoms with Gasteiger partial charge >= 0.3 is 0 Å². The van der Waals surface area contributed by atoms with Crippen LogP contribution in [0.2, 0.25) is 0 Å². The molecule has 3 rings (SSSR count). The molecule has 1 unspecified atom stereocenters. The second-order valence-electron chi connectivity index (χ2n) is 8.04. The molecule has 0 aromatic heterocycles. The minimum atomic E-state index is -0.507. The zero-order chi connectivity index (χ0) is 22.8. The van der Waals surface area contributed by atoms with Crippen molar-refractivity contribution in [1.82, 2.24) is 10.2 Å². The van der Waals surface area contributed by atoms with Crippen LogP contribution in [0.15, 0.2) is 54.6 Å². The number of nitrogens with one attached hydrogen (secondary N) is 2. The van der Waals surface area contributed by atoms with E-state index in [1.165, 1.54) is 11.3 Å². The predicted octanol–water partition coefficient (Wildman–Crippen LogP) is 3.60. The molecule has 7 heteroatoms. The number of piperazine rings is 1. The number of hydrogen-bond acceptors (Lipinski definition) is 5. The molecular formula is C25H34N4O2S. The van der Waals surface area contributed by atoms with E-state index in [-0.39, 0.29) is 11.8 Å². The minimum absolute atomic E-state index is 0.104. The van der Waals surface area contributed by atoms with Gasteiger partial charge in [0.05, 0.1) is 0 Å². The van der Waals surface area contributed by atoms with Crippen molar-refractivity contribution in [1.29, 1.82) is 0 Å². The summed E-state index contributed by atoms with van der Waals surface area (Å²) in [5.41, 5.74) is 3.27. The molecule has 0 aliphatic carbocycles. The second-order valence-corrected chi connectivity index (χ2v) is 9.03. The van der Waals surface area contributed by atoms with Gasteiger partial charge in [0, 0.05) is 50.5 Å². The highest BCUT2D eigenvalue weighted by atomic mass is 32.2. The Kier molecular flexibility index (Phi) is 9.43. The van der Waals surface area contributed by atoms with Crippen LogP contribution in [-0.4, -0.2) is 60.9 Å². The van der Waals surface area contributed by atoms with Crippen molar-refractivity contribution in [2.24, 2.45) is 0 Å². The van der Waals surface area contributed by atoms with Crippen LogP contribution in [0.1, 0.15) is 25.3 Å². The van der Waals surface area contributed by atoms with Crippen molar-refractivity contribution in [3.63, 3.8) is 0 Å². The Bertz CT molecular complexity index is 852. The van der Waals surface area contributed by atoms with Crippen molar-refractivity contribution in [3.05, 3.63) is 60.2 Å². The number of carbonyl (C=O) groups is 2. The summed E-state index contributed by atoms with van der Waals surface area (Å²) in [6.45, 7) is 6.81. The van der Waals surface area contributed by atoms with Crippen LogP contribution in [0, 0.1) is 0 Å². The van der Waals surface area contributed by atoms with E-state index in [1.54, 1.807) is 18.7 Å². The molecule has 1 atom stereocenters. The lowest BCUT2D eigenvalue weighted by Crippen LogP contribution is -2.46. The highest BCUT2D eigenvalue weighted by Crippen LogP contribution is 2.20. The molecule has 2 N–H and O–H groups in total. The van der Waals surface area contributed by atoms with Gasteiger partial charge in [0.15, 0.2) is 0 Å². The minimum Gasteiger partial charge on any atom is -0.369 e. The van der Waals surface area contributed by atoms with E-state index in [0.29, 0.717) is 12.8 Å². The standard InChI is InChI=1S/C25H34N4O2S/c1-3-24(30)27-23(13-18-32-2)25(31)26-21-9-11-22(12-10-21)29-16-14-28(15-17-29)19-20-7-5-4-6-8-20/h4-12,23H,3,13-19H2,1-2H3,(H,26,31)(H,27,30). The molecule has 6 nitrogen and oxygen atoms in total. The van der Waals surface area contributed by atoms with Crippen LogP contribution in [-0.2, 0) is 16.1 Å². The number of anilines is 2. The SMILES string of the molecule is CCC(=O)NC(CCSC)C(=O)Nc1ccc(N2CCN(Cc3ccccc3)CC2)cc1. The van der Waals surface area contributed by atoms with Crippen molar-refractivity contribution in [2.45, 2.75) is 32.4 Å². The summed E-state index contributed by atoms with van der Waals surface area (Å²) in [6.07, 6.45) is 2.98. The molecule has 1 heterocycles. The van der Waals surface area contributed by atoms with Crippen molar-refractivity contribution >= 4 is 35.0 Å². The maximum absolute atomic E-state index is 12.7. The second kappa shape index (κ2) is 12.5. The first-order chi connectivity index (χ1) is 15.6. The number of thioether (sulfide) groups is 1. The highest BCUT2D eigenvalue weighted by molar-refractivity contribution is 7.98. The molecule has 2 amide bonds. The summed E-state index contributed by atoms with van der Waals surface area (Å²) >= 11 is 1.67. The van der Waals surface area contributed by atoms with Gasteiger partial charge in [-0.05, 0) is 48.3 Å². The summed E-state index contributed by atoms with van der Waals surface area (Å²) in [4.78, 5) is 29.3. The first-order valence-electron chi connectivity index (χ1n) is 11.3. The van der Waals surface area contributed by atoms with Crippen molar-refractivity contribution in [2.75, 3.05) is 48.4 Å². The average Bonchev–Trinajstić information content (AvgIpc) is 2.83. The van der Waals surface area contributed by atoms with Gasteiger partial charge < -0.3 is 15.5 Å². The van der Waals surface area contributed by atoms with Gasteiger partial charge in [-0.15, -0.1) is 0 Å². The fourth-order valence-corrected chi connectivity index (χ4v) is 4.26. The lowest BCUT2D eigenvalue weighted by Gasteiger charge is -2.36. The van der Waals surface area contributed by atoms with Crippen molar-refractivity contribution in [3.8, 4) is 0 Å². The maximum atomic E-state index is 12.7. The van der Waals surface area contributed by atoms with Gasteiger partial charge in [-0.25, -0.2) is 0 Å². The lowest BCUT2D eigenvalue weighted by molar-refractivity contribution is -0.126. The van der Waals surface area contributed by atoms with E-state index < -0.39 is 6.04 Å². The maximum Gasteiger partial charge on any atom is 0.246 e. The Morgan fingerprint density at radius 3 is 2.31 bits per heavy atom. The third kappa shape index (κ3) is 7.28. The molecule has 2 aromatic carbocycles. The number of nitrogens with zero attached hydrogens (tertiary/aromatic N) is 2. The fourth-order valence-electron chi connectivity index (χ4n) is 3.79. The Morgan fingerprint density at radius 1 is 1.00 bits per heavy atom. The summed E-state index contributed by atoms with van der Waals surface area (Å²) in [7, 11) is 0. The molecule has 0 radical (unpaired) electrons. The molecule has 1 saturated heterocycles. The summed E-state index contributed by atoms with van der Waals surface area (Å²) in [5, 5.41) is 5.78. The molecule has 32 heavy (non-hydrogen) atoms. The summed E-state index contributed by atoms with van der Waals surface area (Å²) in [5.74, 6) is 0.549. The van der Waals surface area contributed by atoms with E-state index in [0.717, 1.165) is 44.2 Å². The number of amides is 2. The quantitative estimate of drug-likeness (QED) is 0.574. The first-order valence-corrected chi connectivity index (χ1v) is 12.7. The fraction of sp³-hybridized carbons (Fsp3) is 0.440. The van der Waals surface area contributed by atoms with Crippen LogP contribution in [0.5, 0.6) is 0 Å². The van der Waals surface area contributed by atoms with Gasteiger partial charge in [-0.2, -0.15) is 11.8 Å². The summed E-state index contributed by atoms with van der Waals surface area (Å²) < 4.78 is 0. The van der Waals surface area contributed by atoms with E-state index >= 15 is 0 Å². The lowest BCUT2D eigenvalue weighted by atomic mass is 10.1. The van der Waals surface area contributed by atoms with E-state index in [4.69, 9.17) is 0 Å².